The molecule has 0 aromatic carbocycles. The Morgan fingerprint density at radius 1 is 1.62 bits per heavy atom. The third kappa shape index (κ3) is 1.34. The van der Waals surface area contributed by atoms with Crippen LogP contribution in [0.2, 0.25) is 0 Å². The summed E-state index contributed by atoms with van der Waals surface area (Å²) in [7, 11) is 2.03. The average Bonchev–Trinajstić information content (AvgIpc) is 2.71. The highest BCUT2D eigenvalue weighted by Crippen LogP contribution is 2.27. The second-order valence-electron chi connectivity index (χ2n) is 3.54. The van der Waals surface area contributed by atoms with Crippen LogP contribution in [0.1, 0.15) is 11.6 Å². The van der Waals surface area contributed by atoms with Crippen LogP contribution in [0.25, 0.3) is 0 Å². The minimum atomic E-state index is 0.133. The van der Waals surface area contributed by atoms with Crippen molar-refractivity contribution in [1.29, 1.82) is 5.26 Å². The minimum absolute atomic E-state index is 0.133. The van der Waals surface area contributed by atoms with Gasteiger partial charge in [0.2, 0.25) is 0 Å². The Hall–Kier alpha value is -1.27. The molecule has 1 saturated heterocycles. The van der Waals surface area contributed by atoms with E-state index in [1.54, 1.807) is 0 Å². The van der Waals surface area contributed by atoms with E-state index in [4.69, 9.17) is 5.26 Å². The molecule has 1 aliphatic rings. The zero-order chi connectivity index (χ0) is 9.26. The van der Waals surface area contributed by atoms with Crippen molar-refractivity contribution in [3.63, 3.8) is 0 Å². The first-order valence-corrected chi connectivity index (χ1v) is 4.54. The Morgan fingerprint density at radius 2 is 2.46 bits per heavy atom. The summed E-state index contributed by atoms with van der Waals surface area (Å²) in [5.41, 5.74) is 1.26. The number of nitrogens with zero attached hydrogens (tertiary/aromatic N) is 2. The first kappa shape index (κ1) is 8.33. The largest absolute Gasteiger partial charge is 0.354 e. The number of hydrogen-bond donors (Lipinski definition) is 1. The van der Waals surface area contributed by atoms with Crippen molar-refractivity contribution in [2.24, 2.45) is 13.0 Å². The number of nitrogens with one attached hydrogen (secondary N) is 1. The Labute approximate surface area is 78.0 Å². The highest BCUT2D eigenvalue weighted by Gasteiger charge is 2.29. The van der Waals surface area contributed by atoms with Gasteiger partial charge in [-0.25, -0.2) is 0 Å². The first-order valence-electron chi connectivity index (χ1n) is 4.54. The van der Waals surface area contributed by atoms with Crippen molar-refractivity contribution < 1.29 is 0 Å². The molecule has 0 saturated carbocycles. The second-order valence-corrected chi connectivity index (χ2v) is 3.54. The molecular weight excluding hydrogens is 162 g/mol. The van der Waals surface area contributed by atoms with Crippen LogP contribution >= 0.6 is 0 Å². The summed E-state index contributed by atoms with van der Waals surface area (Å²) in [4.78, 5) is 0. The van der Waals surface area contributed by atoms with Crippen LogP contribution in [-0.4, -0.2) is 17.7 Å². The molecule has 13 heavy (non-hydrogen) atoms. The van der Waals surface area contributed by atoms with Crippen LogP contribution < -0.4 is 5.32 Å². The van der Waals surface area contributed by atoms with Gasteiger partial charge in [-0.2, -0.15) is 5.26 Å². The normalized spacial score (nSPS) is 27.4. The number of rotatable bonds is 1. The van der Waals surface area contributed by atoms with Gasteiger partial charge >= 0.3 is 0 Å². The average molecular weight is 175 g/mol. The van der Waals surface area contributed by atoms with Crippen LogP contribution in [0.4, 0.5) is 0 Å². The summed E-state index contributed by atoms with van der Waals surface area (Å²) in [6, 6.07) is 6.48. The summed E-state index contributed by atoms with van der Waals surface area (Å²) in [5.74, 6) is 0.499. The Bertz CT molecular complexity index is 334. The SMILES string of the molecule is Cn1cccc1[C@@H]1CNC[C@H]1C#N. The molecule has 1 fully saturated rings. The maximum Gasteiger partial charge on any atom is 0.0683 e. The molecule has 0 unspecified atom stereocenters. The van der Waals surface area contributed by atoms with Crippen LogP contribution in [-0.2, 0) is 7.05 Å². The zero-order valence-corrected chi connectivity index (χ0v) is 7.70. The van der Waals surface area contributed by atoms with Gasteiger partial charge in [-0.05, 0) is 12.1 Å². The van der Waals surface area contributed by atoms with E-state index in [0.717, 1.165) is 13.1 Å². The van der Waals surface area contributed by atoms with Gasteiger partial charge in [-0.15, -0.1) is 0 Å². The van der Waals surface area contributed by atoms with Crippen LogP contribution in [0.15, 0.2) is 18.3 Å². The van der Waals surface area contributed by atoms with Crippen molar-refractivity contribution in [3.8, 4) is 6.07 Å². The third-order valence-electron chi connectivity index (χ3n) is 2.74. The fourth-order valence-corrected chi connectivity index (χ4v) is 1.98. The van der Waals surface area contributed by atoms with Gasteiger partial charge in [-0.3, -0.25) is 0 Å². The quantitative estimate of drug-likeness (QED) is 0.687. The van der Waals surface area contributed by atoms with Crippen molar-refractivity contribution >= 4 is 0 Å². The summed E-state index contributed by atoms with van der Waals surface area (Å²) >= 11 is 0. The Balaban J connectivity index is 2.27. The molecule has 3 nitrogen and oxygen atoms in total. The van der Waals surface area contributed by atoms with Gasteiger partial charge in [0.15, 0.2) is 0 Å². The lowest BCUT2D eigenvalue weighted by molar-refractivity contribution is 0.603. The standard InChI is InChI=1S/C10H13N3/c1-13-4-2-3-10(13)9-7-12-6-8(9)5-11/h2-4,8-9,12H,6-7H2,1H3/t8-,9-/m1/s1. The summed E-state index contributed by atoms with van der Waals surface area (Å²) in [5, 5.41) is 12.2. The highest BCUT2D eigenvalue weighted by molar-refractivity contribution is 5.19. The van der Waals surface area contributed by atoms with Gasteiger partial charge < -0.3 is 9.88 Å². The molecule has 2 atom stereocenters. The molecule has 0 amide bonds. The second kappa shape index (κ2) is 3.23. The summed E-state index contributed by atoms with van der Waals surface area (Å²) in [6.07, 6.45) is 2.03. The van der Waals surface area contributed by atoms with Crippen molar-refractivity contribution in [1.82, 2.24) is 9.88 Å². The lowest BCUT2D eigenvalue weighted by atomic mass is 9.94. The van der Waals surface area contributed by atoms with Gasteiger partial charge in [0, 0.05) is 37.9 Å². The summed E-state index contributed by atoms with van der Waals surface area (Å²) in [6.45, 7) is 1.75. The predicted octanol–water partition coefficient (Wildman–Crippen LogP) is 0.852. The van der Waals surface area contributed by atoms with E-state index < -0.39 is 0 Å². The molecule has 0 radical (unpaired) electrons. The van der Waals surface area contributed by atoms with Crippen LogP contribution in [0.3, 0.4) is 0 Å². The number of nitriles is 1. The smallest absolute Gasteiger partial charge is 0.0683 e. The fraction of sp³-hybridized carbons (Fsp3) is 0.500. The van der Waals surface area contributed by atoms with Crippen LogP contribution in [0, 0.1) is 17.2 Å². The molecule has 0 aliphatic carbocycles. The zero-order valence-electron chi connectivity index (χ0n) is 7.70. The minimum Gasteiger partial charge on any atom is -0.354 e. The van der Waals surface area contributed by atoms with E-state index in [1.807, 2.05) is 19.3 Å². The van der Waals surface area contributed by atoms with E-state index >= 15 is 0 Å². The lowest BCUT2D eigenvalue weighted by Crippen LogP contribution is -2.12. The van der Waals surface area contributed by atoms with E-state index in [-0.39, 0.29) is 5.92 Å². The molecule has 2 rings (SSSR count). The van der Waals surface area contributed by atoms with Crippen molar-refractivity contribution in [2.75, 3.05) is 13.1 Å². The molecule has 1 aromatic rings. The molecule has 0 bridgehead atoms. The molecule has 1 N–H and O–H groups in total. The van der Waals surface area contributed by atoms with E-state index in [2.05, 4.69) is 22.0 Å². The number of hydrogen-bond acceptors (Lipinski definition) is 2. The molecule has 3 heteroatoms. The van der Waals surface area contributed by atoms with Gasteiger partial charge in [0.25, 0.3) is 0 Å². The molecule has 0 spiro atoms. The third-order valence-corrected chi connectivity index (χ3v) is 2.74. The highest BCUT2D eigenvalue weighted by atomic mass is 15.0. The summed E-state index contributed by atoms with van der Waals surface area (Å²) < 4.78 is 2.10. The maximum atomic E-state index is 8.93. The molecule has 1 aliphatic heterocycles. The van der Waals surface area contributed by atoms with Crippen molar-refractivity contribution in [2.45, 2.75) is 5.92 Å². The lowest BCUT2D eigenvalue weighted by Gasteiger charge is -2.13. The van der Waals surface area contributed by atoms with E-state index in [9.17, 15) is 0 Å². The molecule has 68 valence electrons. The van der Waals surface area contributed by atoms with Crippen molar-refractivity contribution in [3.05, 3.63) is 24.0 Å². The maximum absolute atomic E-state index is 8.93. The van der Waals surface area contributed by atoms with Gasteiger partial charge in [-0.1, -0.05) is 0 Å². The van der Waals surface area contributed by atoms with Gasteiger partial charge in [0.1, 0.15) is 0 Å². The first-order chi connectivity index (χ1) is 6.33. The number of aryl methyl sites for hydroxylation is 1. The molecule has 2 heterocycles. The fourth-order valence-electron chi connectivity index (χ4n) is 1.98. The Morgan fingerprint density at radius 3 is 3.08 bits per heavy atom. The Kier molecular flexibility index (Phi) is 2.07. The van der Waals surface area contributed by atoms with E-state index in [0.29, 0.717) is 5.92 Å². The van der Waals surface area contributed by atoms with Gasteiger partial charge in [0.05, 0.1) is 12.0 Å². The van der Waals surface area contributed by atoms with Crippen LogP contribution in [0.5, 0.6) is 0 Å². The van der Waals surface area contributed by atoms with E-state index in [1.165, 1.54) is 5.69 Å². The molecule has 1 aromatic heterocycles. The predicted molar refractivity (Wildman–Crippen MR) is 50.1 cm³/mol. The molecular formula is C10H13N3. The topological polar surface area (TPSA) is 40.8 Å². The monoisotopic (exact) mass is 175 g/mol. The number of aromatic nitrogens is 1.